The number of fused-ring (bicyclic) bond motifs is 2. The van der Waals surface area contributed by atoms with E-state index in [4.69, 9.17) is 4.74 Å². The van der Waals surface area contributed by atoms with Gasteiger partial charge < -0.3 is 9.30 Å². The van der Waals surface area contributed by atoms with E-state index in [-0.39, 0.29) is 0 Å². The maximum atomic E-state index is 5.25. The molecular weight excluding hydrogens is 362 g/mol. The van der Waals surface area contributed by atoms with Crippen molar-refractivity contribution in [3.05, 3.63) is 52.2 Å². The van der Waals surface area contributed by atoms with Crippen LogP contribution in [0, 0.1) is 0 Å². The van der Waals surface area contributed by atoms with Gasteiger partial charge in [0.2, 0.25) is 0 Å². The lowest BCUT2D eigenvalue weighted by molar-refractivity contribution is 0.415. The molecular formula is C16H12BrN3OS. The molecule has 2 aromatic heterocycles. The third-order valence-corrected chi connectivity index (χ3v) is 5.12. The van der Waals surface area contributed by atoms with Crippen molar-refractivity contribution in [2.45, 2.75) is 6.54 Å². The normalized spacial score (nSPS) is 11.4. The number of ether oxygens (including phenoxy) is 1. The molecule has 2 heterocycles. The second-order valence-corrected chi connectivity index (χ2v) is 7.26. The van der Waals surface area contributed by atoms with Crippen molar-refractivity contribution >= 4 is 48.5 Å². The molecule has 6 heteroatoms. The van der Waals surface area contributed by atoms with Crippen LogP contribution in [0.5, 0.6) is 5.75 Å². The Hall–Kier alpha value is -1.92. The molecule has 4 rings (SSSR count). The molecule has 0 saturated carbocycles. The molecule has 22 heavy (non-hydrogen) atoms. The van der Waals surface area contributed by atoms with Crippen LogP contribution in [-0.2, 0) is 6.54 Å². The smallest absolute Gasteiger partial charge is 0.160 e. The quantitative estimate of drug-likeness (QED) is 0.531. The Morgan fingerprint density at radius 1 is 1.27 bits per heavy atom. The van der Waals surface area contributed by atoms with Crippen LogP contribution in [0.1, 0.15) is 5.56 Å². The van der Waals surface area contributed by atoms with E-state index in [1.165, 1.54) is 10.3 Å². The number of hydrogen-bond acceptors (Lipinski definition) is 4. The highest BCUT2D eigenvalue weighted by molar-refractivity contribution is 9.11. The second kappa shape index (κ2) is 5.37. The molecule has 0 unspecified atom stereocenters. The van der Waals surface area contributed by atoms with E-state index in [1.54, 1.807) is 18.4 Å². The summed E-state index contributed by atoms with van der Waals surface area (Å²) >= 11 is 5.12. The minimum atomic E-state index is 0.746. The molecule has 0 fully saturated rings. The number of methoxy groups -OCH3 is 1. The molecule has 110 valence electrons. The van der Waals surface area contributed by atoms with Crippen molar-refractivity contribution < 1.29 is 4.74 Å². The number of para-hydroxylation sites is 1. The third kappa shape index (κ3) is 2.28. The lowest BCUT2D eigenvalue weighted by Crippen LogP contribution is -1.98. The molecule has 0 saturated heterocycles. The molecule has 0 aliphatic carbocycles. The van der Waals surface area contributed by atoms with Gasteiger partial charge in [0, 0.05) is 6.07 Å². The molecule has 0 radical (unpaired) electrons. The summed E-state index contributed by atoms with van der Waals surface area (Å²) in [6.07, 6.45) is 1.87. The highest BCUT2D eigenvalue weighted by Crippen LogP contribution is 2.29. The Morgan fingerprint density at radius 2 is 2.18 bits per heavy atom. The average molecular weight is 374 g/mol. The minimum absolute atomic E-state index is 0.746. The third-order valence-electron chi connectivity index (χ3n) is 3.65. The fourth-order valence-electron chi connectivity index (χ4n) is 2.59. The van der Waals surface area contributed by atoms with E-state index in [2.05, 4.69) is 48.7 Å². The first kappa shape index (κ1) is 13.7. The summed E-state index contributed by atoms with van der Waals surface area (Å²) in [5, 5.41) is 0. The van der Waals surface area contributed by atoms with Crippen LogP contribution < -0.4 is 4.74 Å². The van der Waals surface area contributed by atoms with Gasteiger partial charge in [-0.2, -0.15) is 0 Å². The minimum Gasteiger partial charge on any atom is -0.497 e. The molecule has 0 spiro atoms. The maximum absolute atomic E-state index is 5.25. The van der Waals surface area contributed by atoms with Gasteiger partial charge >= 0.3 is 0 Å². The number of halogens is 1. The van der Waals surface area contributed by atoms with Crippen LogP contribution in [0.25, 0.3) is 21.3 Å². The van der Waals surface area contributed by atoms with Crippen LogP contribution in [0.3, 0.4) is 0 Å². The molecule has 0 bridgehead atoms. The number of rotatable bonds is 3. The first-order valence-electron chi connectivity index (χ1n) is 6.77. The van der Waals surface area contributed by atoms with Crippen molar-refractivity contribution in [1.29, 1.82) is 0 Å². The topological polar surface area (TPSA) is 39.9 Å². The standard InChI is InChI=1S/C16H12BrN3OS/c1-21-11-5-6-13-12(7-11)18-9-20(13)8-10-3-2-4-14-15(10)19-16(17)22-14/h2-7,9H,8H2,1H3. The fraction of sp³-hybridized carbons (Fsp3) is 0.125. The van der Waals surface area contributed by atoms with Crippen molar-refractivity contribution in [2.24, 2.45) is 0 Å². The van der Waals surface area contributed by atoms with E-state index in [1.807, 2.05) is 24.5 Å². The number of nitrogens with zero attached hydrogens (tertiary/aromatic N) is 3. The zero-order valence-corrected chi connectivity index (χ0v) is 14.2. The van der Waals surface area contributed by atoms with Gasteiger partial charge in [0.25, 0.3) is 0 Å². The Kier molecular flexibility index (Phi) is 3.35. The van der Waals surface area contributed by atoms with Gasteiger partial charge in [-0.1, -0.05) is 12.1 Å². The lowest BCUT2D eigenvalue weighted by Gasteiger charge is -2.06. The van der Waals surface area contributed by atoms with Gasteiger partial charge in [-0.15, -0.1) is 11.3 Å². The predicted octanol–water partition coefficient (Wildman–Crippen LogP) is 4.47. The molecule has 0 aliphatic heterocycles. The van der Waals surface area contributed by atoms with E-state index in [0.717, 1.165) is 32.8 Å². The number of imidazole rings is 1. The summed E-state index contributed by atoms with van der Waals surface area (Å²) in [4.78, 5) is 9.05. The Balaban J connectivity index is 1.79. The molecule has 0 N–H and O–H groups in total. The highest BCUT2D eigenvalue weighted by Gasteiger charge is 2.09. The van der Waals surface area contributed by atoms with Crippen molar-refractivity contribution in [3.63, 3.8) is 0 Å². The van der Waals surface area contributed by atoms with Gasteiger partial charge in [0.15, 0.2) is 3.92 Å². The zero-order valence-electron chi connectivity index (χ0n) is 11.8. The van der Waals surface area contributed by atoms with Crippen LogP contribution in [-0.4, -0.2) is 21.6 Å². The summed E-state index contributed by atoms with van der Waals surface area (Å²) in [6, 6.07) is 12.2. The Morgan fingerprint density at radius 3 is 3.05 bits per heavy atom. The Labute approximate surface area is 139 Å². The van der Waals surface area contributed by atoms with Gasteiger partial charge in [-0.3, -0.25) is 0 Å². The molecule has 4 nitrogen and oxygen atoms in total. The highest BCUT2D eigenvalue weighted by atomic mass is 79.9. The SMILES string of the molecule is COc1ccc2c(c1)ncn2Cc1cccc2sc(Br)nc12. The summed E-state index contributed by atoms with van der Waals surface area (Å²) in [5.41, 5.74) is 4.27. The molecule has 4 aromatic rings. The van der Waals surface area contributed by atoms with E-state index >= 15 is 0 Å². The van der Waals surface area contributed by atoms with Crippen LogP contribution in [0.4, 0.5) is 0 Å². The van der Waals surface area contributed by atoms with Gasteiger partial charge in [0.05, 0.1) is 41.2 Å². The summed E-state index contributed by atoms with van der Waals surface area (Å²) in [6.45, 7) is 0.746. The number of hydrogen-bond donors (Lipinski definition) is 0. The molecule has 2 aromatic carbocycles. The Bertz CT molecular complexity index is 976. The molecule has 0 amide bonds. The zero-order chi connectivity index (χ0) is 15.1. The van der Waals surface area contributed by atoms with Crippen molar-refractivity contribution in [3.8, 4) is 5.75 Å². The number of thiazole rings is 1. The monoisotopic (exact) mass is 373 g/mol. The first-order chi connectivity index (χ1) is 10.7. The average Bonchev–Trinajstić information content (AvgIpc) is 3.10. The largest absolute Gasteiger partial charge is 0.497 e. The fourth-order valence-corrected chi connectivity index (χ4v) is 4.03. The lowest BCUT2D eigenvalue weighted by atomic mass is 10.2. The predicted molar refractivity (Wildman–Crippen MR) is 92.7 cm³/mol. The van der Waals surface area contributed by atoms with Gasteiger partial charge in [0.1, 0.15) is 5.75 Å². The van der Waals surface area contributed by atoms with Crippen molar-refractivity contribution in [1.82, 2.24) is 14.5 Å². The van der Waals surface area contributed by atoms with Gasteiger partial charge in [-0.25, -0.2) is 9.97 Å². The number of benzene rings is 2. The van der Waals surface area contributed by atoms with E-state index in [9.17, 15) is 0 Å². The summed E-state index contributed by atoms with van der Waals surface area (Å²) < 4.78 is 9.49. The summed E-state index contributed by atoms with van der Waals surface area (Å²) in [7, 11) is 1.67. The maximum Gasteiger partial charge on any atom is 0.160 e. The van der Waals surface area contributed by atoms with E-state index in [0.29, 0.717) is 0 Å². The molecule has 0 atom stereocenters. The second-order valence-electron chi connectivity index (χ2n) is 4.96. The van der Waals surface area contributed by atoms with E-state index < -0.39 is 0 Å². The summed E-state index contributed by atoms with van der Waals surface area (Å²) in [5.74, 6) is 0.822. The molecule has 0 aliphatic rings. The first-order valence-corrected chi connectivity index (χ1v) is 8.38. The van der Waals surface area contributed by atoms with Crippen LogP contribution in [0.2, 0.25) is 0 Å². The van der Waals surface area contributed by atoms with Gasteiger partial charge in [-0.05, 0) is 39.7 Å². The van der Waals surface area contributed by atoms with Crippen LogP contribution in [0.15, 0.2) is 46.6 Å². The number of aromatic nitrogens is 3. The van der Waals surface area contributed by atoms with Crippen LogP contribution >= 0.6 is 27.3 Å². The van der Waals surface area contributed by atoms with Crippen molar-refractivity contribution in [2.75, 3.05) is 7.11 Å².